The van der Waals surface area contributed by atoms with Gasteiger partial charge in [-0.25, -0.2) is 0 Å². The second-order valence-electron chi connectivity index (χ2n) is 6.40. The Morgan fingerprint density at radius 1 is 1.30 bits per heavy atom. The average molecular weight is 278 g/mol. The summed E-state index contributed by atoms with van der Waals surface area (Å²) in [7, 11) is -0.504. The van der Waals surface area contributed by atoms with Crippen LogP contribution in [-0.2, 0) is 15.7 Å². The summed E-state index contributed by atoms with van der Waals surface area (Å²) in [6.07, 6.45) is 1.60. The lowest BCUT2D eigenvalue weighted by Crippen LogP contribution is -2.41. The molecule has 1 saturated heterocycles. The molecule has 2 rings (SSSR count). The molecule has 1 aliphatic heterocycles. The summed E-state index contributed by atoms with van der Waals surface area (Å²) in [4.78, 5) is 4.23. The fraction of sp³-hybridized carbons (Fsp3) is 0.643. The molecule has 5 nitrogen and oxygen atoms in total. The molecule has 0 aromatic carbocycles. The normalized spacial score (nSPS) is 22.0. The number of nitrogens with zero attached hydrogens (tertiary/aromatic N) is 1. The number of nitrogens with two attached hydrogens (primary N) is 1. The summed E-state index contributed by atoms with van der Waals surface area (Å²) in [6, 6.07) is 1.81. The SMILES string of the molecule is CC(O)Cc1nccc(B2OC(C)(C)C(C)(C)O2)c1N. The lowest BCUT2D eigenvalue weighted by Gasteiger charge is -2.32. The van der Waals surface area contributed by atoms with Gasteiger partial charge in [-0.15, -0.1) is 0 Å². The zero-order chi connectivity index (χ0) is 15.1. The molecule has 1 fully saturated rings. The van der Waals surface area contributed by atoms with Crippen LogP contribution in [0.5, 0.6) is 0 Å². The summed E-state index contributed by atoms with van der Waals surface area (Å²) in [5.41, 5.74) is 7.33. The van der Waals surface area contributed by atoms with Crippen LogP contribution in [0.4, 0.5) is 5.69 Å². The minimum Gasteiger partial charge on any atom is -0.399 e. The van der Waals surface area contributed by atoms with E-state index in [4.69, 9.17) is 15.0 Å². The van der Waals surface area contributed by atoms with Crippen molar-refractivity contribution >= 4 is 18.3 Å². The minimum absolute atomic E-state index is 0.405. The summed E-state index contributed by atoms with van der Waals surface area (Å²) in [6.45, 7) is 9.72. The molecule has 110 valence electrons. The van der Waals surface area contributed by atoms with Gasteiger partial charge < -0.3 is 20.1 Å². The number of aliphatic hydroxyl groups is 1. The molecule has 1 aromatic rings. The summed E-state index contributed by atoms with van der Waals surface area (Å²) >= 11 is 0. The zero-order valence-corrected chi connectivity index (χ0v) is 12.8. The van der Waals surface area contributed by atoms with Crippen molar-refractivity contribution < 1.29 is 14.4 Å². The van der Waals surface area contributed by atoms with Crippen LogP contribution in [0.15, 0.2) is 12.3 Å². The number of rotatable bonds is 3. The Kier molecular flexibility index (Phi) is 3.84. The highest BCUT2D eigenvalue weighted by molar-refractivity contribution is 6.63. The minimum atomic E-state index is -0.504. The molecule has 0 saturated carbocycles. The van der Waals surface area contributed by atoms with Gasteiger partial charge in [-0.05, 0) is 40.7 Å². The molecule has 20 heavy (non-hydrogen) atoms. The molecule has 6 heteroatoms. The number of hydrogen-bond donors (Lipinski definition) is 2. The third kappa shape index (κ3) is 2.68. The molecular formula is C14H23BN2O3. The zero-order valence-electron chi connectivity index (χ0n) is 12.8. The van der Waals surface area contributed by atoms with Crippen molar-refractivity contribution in [1.82, 2.24) is 4.98 Å². The van der Waals surface area contributed by atoms with E-state index in [1.54, 1.807) is 13.1 Å². The first-order chi connectivity index (χ1) is 9.14. The lowest BCUT2D eigenvalue weighted by molar-refractivity contribution is 0.00578. The Hall–Kier alpha value is -1.11. The topological polar surface area (TPSA) is 77.6 Å². The van der Waals surface area contributed by atoms with Gasteiger partial charge in [-0.1, -0.05) is 0 Å². The van der Waals surface area contributed by atoms with Crippen LogP contribution >= 0.6 is 0 Å². The second-order valence-corrected chi connectivity index (χ2v) is 6.40. The lowest BCUT2D eigenvalue weighted by atomic mass is 9.77. The van der Waals surface area contributed by atoms with Crippen molar-refractivity contribution in [2.24, 2.45) is 0 Å². The maximum absolute atomic E-state index is 9.49. The van der Waals surface area contributed by atoms with Crippen LogP contribution < -0.4 is 11.2 Å². The third-order valence-electron chi connectivity index (χ3n) is 4.10. The van der Waals surface area contributed by atoms with E-state index in [9.17, 15) is 5.11 Å². The van der Waals surface area contributed by atoms with Gasteiger partial charge in [-0.3, -0.25) is 4.98 Å². The van der Waals surface area contributed by atoms with E-state index in [1.807, 2.05) is 33.8 Å². The van der Waals surface area contributed by atoms with Gasteiger partial charge >= 0.3 is 7.12 Å². The van der Waals surface area contributed by atoms with E-state index in [0.717, 1.165) is 5.46 Å². The Labute approximate surface area is 120 Å². The predicted octanol–water partition coefficient (Wildman–Crippen LogP) is 0.886. The standard InChI is InChI=1S/C14H23BN2O3/c1-9(18)8-11-12(16)10(6-7-17-11)15-19-13(2,3)14(4,5)20-15/h6-7,9,18H,8,16H2,1-5H3. The van der Waals surface area contributed by atoms with Crippen molar-refractivity contribution in [3.05, 3.63) is 18.0 Å². The van der Waals surface area contributed by atoms with E-state index < -0.39 is 24.4 Å². The van der Waals surface area contributed by atoms with Gasteiger partial charge in [0.1, 0.15) is 0 Å². The van der Waals surface area contributed by atoms with Gasteiger partial charge in [0.15, 0.2) is 0 Å². The summed E-state index contributed by atoms with van der Waals surface area (Å²) in [5, 5.41) is 9.49. The number of pyridine rings is 1. The Bertz CT molecular complexity index is 487. The van der Waals surface area contributed by atoms with Gasteiger partial charge in [0.05, 0.1) is 28.7 Å². The molecular weight excluding hydrogens is 255 g/mol. The van der Waals surface area contributed by atoms with Crippen molar-refractivity contribution in [3.8, 4) is 0 Å². The van der Waals surface area contributed by atoms with Crippen LogP contribution in [0.25, 0.3) is 0 Å². The van der Waals surface area contributed by atoms with E-state index >= 15 is 0 Å². The van der Waals surface area contributed by atoms with Crippen LogP contribution in [0.2, 0.25) is 0 Å². The first-order valence-corrected chi connectivity index (χ1v) is 6.91. The third-order valence-corrected chi connectivity index (χ3v) is 4.10. The summed E-state index contributed by atoms with van der Waals surface area (Å²) < 4.78 is 12.0. The number of hydrogen-bond acceptors (Lipinski definition) is 5. The molecule has 1 aliphatic rings. The molecule has 2 heterocycles. The first kappa shape index (κ1) is 15.3. The highest BCUT2D eigenvalue weighted by Crippen LogP contribution is 2.36. The second kappa shape index (κ2) is 5.02. The number of nitrogen functional groups attached to an aromatic ring is 1. The van der Waals surface area contributed by atoms with Crippen molar-refractivity contribution in [1.29, 1.82) is 0 Å². The Balaban J connectivity index is 2.31. The predicted molar refractivity (Wildman–Crippen MR) is 79.8 cm³/mol. The number of aliphatic hydroxyl groups excluding tert-OH is 1. The quantitative estimate of drug-likeness (QED) is 0.803. The average Bonchev–Trinajstić information content (AvgIpc) is 2.50. The molecule has 1 aromatic heterocycles. The smallest absolute Gasteiger partial charge is 0.399 e. The van der Waals surface area contributed by atoms with Gasteiger partial charge in [0, 0.05) is 18.1 Å². The molecule has 0 radical (unpaired) electrons. The largest absolute Gasteiger partial charge is 0.497 e. The van der Waals surface area contributed by atoms with Gasteiger partial charge in [0.2, 0.25) is 0 Å². The van der Waals surface area contributed by atoms with Crippen molar-refractivity contribution in [2.45, 2.75) is 58.3 Å². The molecule has 1 unspecified atom stereocenters. The van der Waals surface area contributed by atoms with Crippen LogP contribution in [0.3, 0.4) is 0 Å². The van der Waals surface area contributed by atoms with E-state index in [1.165, 1.54) is 0 Å². The fourth-order valence-electron chi connectivity index (χ4n) is 2.15. The Morgan fingerprint density at radius 3 is 2.35 bits per heavy atom. The van der Waals surface area contributed by atoms with Crippen LogP contribution in [0.1, 0.15) is 40.3 Å². The number of aromatic nitrogens is 1. The van der Waals surface area contributed by atoms with Crippen molar-refractivity contribution in [3.63, 3.8) is 0 Å². The van der Waals surface area contributed by atoms with Crippen molar-refractivity contribution in [2.75, 3.05) is 5.73 Å². The molecule has 0 bridgehead atoms. The van der Waals surface area contributed by atoms with Crippen LogP contribution in [-0.4, -0.2) is 34.5 Å². The molecule has 0 spiro atoms. The maximum Gasteiger partial charge on any atom is 0.497 e. The number of anilines is 1. The van der Waals surface area contributed by atoms with Gasteiger partial charge in [0.25, 0.3) is 0 Å². The Morgan fingerprint density at radius 2 is 1.85 bits per heavy atom. The fourth-order valence-corrected chi connectivity index (χ4v) is 2.15. The van der Waals surface area contributed by atoms with E-state index in [-0.39, 0.29) is 0 Å². The van der Waals surface area contributed by atoms with Gasteiger partial charge in [-0.2, -0.15) is 0 Å². The molecule has 1 atom stereocenters. The molecule has 0 aliphatic carbocycles. The highest BCUT2D eigenvalue weighted by atomic mass is 16.7. The monoisotopic (exact) mass is 278 g/mol. The highest BCUT2D eigenvalue weighted by Gasteiger charge is 2.52. The summed E-state index contributed by atoms with van der Waals surface area (Å²) in [5.74, 6) is 0. The molecule has 0 amide bonds. The van der Waals surface area contributed by atoms with E-state index in [0.29, 0.717) is 17.8 Å². The van der Waals surface area contributed by atoms with E-state index in [2.05, 4.69) is 4.98 Å². The van der Waals surface area contributed by atoms with Crippen LogP contribution in [0, 0.1) is 0 Å². The molecule has 3 N–H and O–H groups in total. The maximum atomic E-state index is 9.49. The first-order valence-electron chi connectivity index (χ1n) is 6.91.